The summed E-state index contributed by atoms with van der Waals surface area (Å²) >= 11 is 0. The minimum atomic E-state index is -0.0612. The van der Waals surface area contributed by atoms with E-state index in [1.807, 2.05) is 26.0 Å². The fourth-order valence-electron chi connectivity index (χ4n) is 1.79. The van der Waals surface area contributed by atoms with Gasteiger partial charge in [0.2, 0.25) is 0 Å². The maximum absolute atomic E-state index is 9.15. The van der Waals surface area contributed by atoms with Gasteiger partial charge in [0, 0.05) is 0 Å². The molecule has 0 atom stereocenters. The van der Waals surface area contributed by atoms with Crippen LogP contribution in [0.25, 0.3) is 0 Å². The number of nitriles is 1. The standard InChI is InChI=1S/C13H17NO.C2H6/c1-4-10-5-12(8-15)11(7-14)6-13(10)9(2)3;1-2/h5-6,9,15H,4,8H2,1-3H3;1-2H3. The summed E-state index contributed by atoms with van der Waals surface area (Å²) in [6.07, 6.45) is 0.937. The van der Waals surface area contributed by atoms with Crippen LogP contribution in [0.3, 0.4) is 0 Å². The molecule has 0 heterocycles. The van der Waals surface area contributed by atoms with Gasteiger partial charge in [-0.15, -0.1) is 0 Å². The van der Waals surface area contributed by atoms with Crippen molar-refractivity contribution in [2.24, 2.45) is 0 Å². The van der Waals surface area contributed by atoms with Crippen LogP contribution in [0.15, 0.2) is 12.1 Å². The van der Waals surface area contributed by atoms with Gasteiger partial charge in [0.25, 0.3) is 0 Å². The molecule has 0 bridgehead atoms. The molecule has 2 nitrogen and oxygen atoms in total. The maximum Gasteiger partial charge on any atom is 0.0995 e. The molecule has 0 amide bonds. The van der Waals surface area contributed by atoms with Crippen molar-refractivity contribution in [2.75, 3.05) is 0 Å². The van der Waals surface area contributed by atoms with E-state index in [2.05, 4.69) is 26.8 Å². The molecule has 0 saturated carbocycles. The van der Waals surface area contributed by atoms with E-state index in [1.165, 1.54) is 11.1 Å². The van der Waals surface area contributed by atoms with E-state index in [9.17, 15) is 0 Å². The van der Waals surface area contributed by atoms with Gasteiger partial charge in [-0.3, -0.25) is 0 Å². The summed E-state index contributed by atoms with van der Waals surface area (Å²) in [6, 6.07) is 6.00. The summed E-state index contributed by atoms with van der Waals surface area (Å²) < 4.78 is 0. The highest BCUT2D eigenvalue weighted by molar-refractivity contribution is 5.45. The summed E-state index contributed by atoms with van der Waals surface area (Å²) in [4.78, 5) is 0. The molecule has 0 aliphatic carbocycles. The first-order valence-electron chi connectivity index (χ1n) is 6.30. The van der Waals surface area contributed by atoms with Crippen molar-refractivity contribution < 1.29 is 5.11 Å². The van der Waals surface area contributed by atoms with Crippen molar-refractivity contribution in [3.8, 4) is 6.07 Å². The van der Waals surface area contributed by atoms with E-state index in [-0.39, 0.29) is 6.61 Å². The molecule has 0 unspecified atom stereocenters. The molecule has 94 valence electrons. The van der Waals surface area contributed by atoms with Gasteiger partial charge in [0.15, 0.2) is 0 Å². The van der Waals surface area contributed by atoms with Crippen LogP contribution in [0.5, 0.6) is 0 Å². The molecule has 1 aromatic carbocycles. The van der Waals surface area contributed by atoms with Crippen LogP contribution in [-0.4, -0.2) is 5.11 Å². The number of aliphatic hydroxyl groups is 1. The Morgan fingerprint density at radius 3 is 2.18 bits per heavy atom. The van der Waals surface area contributed by atoms with Gasteiger partial charge >= 0.3 is 0 Å². The van der Waals surface area contributed by atoms with E-state index in [0.29, 0.717) is 11.5 Å². The molecule has 1 aromatic rings. The molecule has 0 saturated heterocycles. The smallest absolute Gasteiger partial charge is 0.0995 e. The van der Waals surface area contributed by atoms with Gasteiger partial charge in [0.1, 0.15) is 0 Å². The van der Waals surface area contributed by atoms with Crippen molar-refractivity contribution in [1.82, 2.24) is 0 Å². The summed E-state index contributed by atoms with van der Waals surface area (Å²) in [5, 5.41) is 18.1. The van der Waals surface area contributed by atoms with Crippen LogP contribution in [0.4, 0.5) is 0 Å². The third-order valence-electron chi connectivity index (χ3n) is 2.66. The molecule has 0 spiro atoms. The van der Waals surface area contributed by atoms with Crippen molar-refractivity contribution in [3.63, 3.8) is 0 Å². The van der Waals surface area contributed by atoms with E-state index < -0.39 is 0 Å². The van der Waals surface area contributed by atoms with E-state index in [0.717, 1.165) is 12.0 Å². The number of aryl methyl sites for hydroxylation is 1. The molecular weight excluding hydrogens is 210 g/mol. The molecule has 0 fully saturated rings. The topological polar surface area (TPSA) is 44.0 Å². The number of nitrogens with zero attached hydrogens (tertiary/aromatic N) is 1. The summed E-state index contributed by atoms with van der Waals surface area (Å²) in [5.74, 6) is 0.416. The highest BCUT2D eigenvalue weighted by atomic mass is 16.3. The van der Waals surface area contributed by atoms with Crippen LogP contribution in [-0.2, 0) is 13.0 Å². The van der Waals surface area contributed by atoms with Crippen molar-refractivity contribution in [1.29, 1.82) is 5.26 Å². The van der Waals surface area contributed by atoms with Gasteiger partial charge in [-0.1, -0.05) is 40.7 Å². The average Bonchev–Trinajstić information content (AvgIpc) is 2.39. The molecule has 1 N–H and O–H groups in total. The van der Waals surface area contributed by atoms with Crippen LogP contribution in [0.2, 0.25) is 0 Å². The van der Waals surface area contributed by atoms with Gasteiger partial charge in [-0.2, -0.15) is 5.26 Å². The lowest BCUT2D eigenvalue weighted by atomic mass is 9.91. The minimum Gasteiger partial charge on any atom is -0.392 e. The quantitative estimate of drug-likeness (QED) is 0.863. The molecule has 0 aliphatic heterocycles. The zero-order valence-electron chi connectivity index (χ0n) is 11.5. The summed E-state index contributed by atoms with van der Waals surface area (Å²) in [5.41, 5.74) is 3.77. The zero-order valence-corrected chi connectivity index (χ0v) is 11.5. The van der Waals surface area contributed by atoms with Gasteiger partial charge in [-0.25, -0.2) is 0 Å². The van der Waals surface area contributed by atoms with Crippen LogP contribution in [0.1, 0.15) is 62.8 Å². The summed E-state index contributed by atoms with van der Waals surface area (Å²) in [7, 11) is 0. The number of aliphatic hydroxyl groups excluding tert-OH is 1. The first kappa shape index (κ1) is 15.7. The third-order valence-corrected chi connectivity index (χ3v) is 2.66. The average molecular weight is 233 g/mol. The lowest BCUT2D eigenvalue weighted by Crippen LogP contribution is -2.00. The monoisotopic (exact) mass is 233 g/mol. The van der Waals surface area contributed by atoms with Crippen molar-refractivity contribution in [3.05, 3.63) is 34.4 Å². The molecule has 0 aliphatic rings. The SMILES string of the molecule is CC.CCc1cc(CO)c(C#N)cc1C(C)C. The second kappa shape index (κ2) is 7.86. The van der Waals surface area contributed by atoms with Crippen molar-refractivity contribution in [2.45, 2.75) is 53.6 Å². The normalized spacial score (nSPS) is 9.53. The van der Waals surface area contributed by atoms with Gasteiger partial charge in [0.05, 0.1) is 18.2 Å². The molecular formula is C15H23NO. The second-order valence-electron chi connectivity index (χ2n) is 3.99. The molecule has 1 rings (SSSR count). The highest BCUT2D eigenvalue weighted by Gasteiger charge is 2.10. The number of rotatable bonds is 3. The highest BCUT2D eigenvalue weighted by Crippen LogP contribution is 2.24. The Balaban J connectivity index is 0.00000121. The van der Waals surface area contributed by atoms with E-state index in [1.54, 1.807) is 0 Å². The van der Waals surface area contributed by atoms with Crippen LogP contribution >= 0.6 is 0 Å². The Labute approximate surface area is 105 Å². The number of hydrogen-bond acceptors (Lipinski definition) is 2. The van der Waals surface area contributed by atoms with Crippen LogP contribution in [0, 0.1) is 11.3 Å². The maximum atomic E-state index is 9.15. The molecule has 0 aromatic heterocycles. The van der Waals surface area contributed by atoms with E-state index >= 15 is 0 Å². The minimum absolute atomic E-state index is 0.0612. The number of hydrogen-bond donors (Lipinski definition) is 1. The Bertz CT molecular complexity index is 389. The predicted molar refractivity (Wildman–Crippen MR) is 71.9 cm³/mol. The zero-order chi connectivity index (χ0) is 13.4. The molecule has 17 heavy (non-hydrogen) atoms. The Hall–Kier alpha value is -1.33. The Kier molecular flexibility index (Phi) is 7.25. The van der Waals surface area contributed by atoms with E-state index in [4.69, 9.17) is 10.4 Å². The summed E-state index contributed by atoms with van der Waals surface area (Å²) in [6.45, 7) is 10.3. The van der Waals surface area contributed by atoms with Crippen LogP contribution < -0.4 is 0 Å². The lowest BCUT2D eigenvalue weighted by molar-refractivity contribution is 0.281. The Morgan fingerprint density at radius 1 is 1.24 bits per heavy atom. The largest absolute Gasteiger partial charge is 0.392 e. The number of benzene rings is 1. The van der Waals surface area contributed by atoms with Crippen molar-refractivity contribution >= 4 is 0 Å². The third kappa shape index (κ3) is 3.87. The Morgan fingerprint density at radius 2 is 1.82 bits per heavy atom. The predicted octanol–water partition coefficient (Wildman–Crippen LogP) is 3.76. The first-order chi connectivity index (χ1) is 8.13. The lowest BCUT2D eigenvalue weighted by Gasteiger charge is -2.14. The molecule has 2 heteroatoms. The first-order valence-corrected chi connectivity index (χ1v) is 6.30. The molecule has 0 radical (unpaired) electrons. The van der Waals surface area contributed by atoms with Gasteiger partial charge in [-0.05, 0) is 35.1 Å². The fourth-order valence-corrected chi connectivity index (χ4v) is 1.79. The fraction of sp³-hybridized carbons (Fsp3) is 0.533. The van der Waals surface area contributed by atoms with Gasteiger partial charge < -0.3 is 5.11 Å². The second-order valence-corrected chi connectivity index (χ2v) is 3.99.